The van der Waals surface area contributed by atoms with Crippen molar-refractivity contribution in [3.8, 4) is 0 Å². The fourth-order valence-electron chi connectivity index (χ4n) is 3.99. The van der Waals surface area contributed by atoms with E-state index in [2.05, 4.69) is 20.2 Å². The number of carbonyl (C=O) groups is 1. The number of amides is 1. The second-order valence-corrected chi connectivity index (χ2v) is 7.71. The van der Waals surface area contributed by atoms with Crippen molar-refractivity contribution in [3.63, 3.8) is 0 Å². The van der Waals surface area contributed by atoms with Gasteiger partial charge in [-0.05, 0) is 37.8 Å². The van der Waals surface area contributed by atoms with Crippen LogP contribution in [-0.2, 0) is 0 Å². The minimum absolute atomic E-state index is 0.00787. The highest BCUT2D eigenvalue weighted by atomic mass is 16.1. The molecule has 2 fully saturated rings. The Balaban J connectivity index is 1.38. The number of benzene rings is 1. The van der Waals surface area contributed by atoms with Gasteiger partial charge in [-0.25, -0.2) is 4.98 Å². The lowest BCUT2D eigenvalue weighted by Crippen LogP contribution is -2.48. The van der Waals surface area contributed by atoms with Gasteiger partial charge in [0.05, 0.1) is 17.3 Å². The van der Waals surface area contributed by atoms with Crippen LogP contribution in [0.1, 0.15) is 47.7 Å². The summed E-state index contributed by atoms with van der Waals surface area (Å²) in [5.41, 5.74) is 2.69. The Kier molecular flexibility index (Phi) is 4.39. The molecule has 1 aliphatic carbocycles. The average molecular weight is 373 g/mol. The van der Waals surface area contributed by atoms with Gasteiger partial charge in [-0.1, -0.05) is 18.2 Å². The molecule has 2 aliphatic rings. The number of fused-ring (bicyclic) bond motifs is 1. The zero-order valence-electron chi connectivity index (χ0n) is 15.7. The highest BCUT2D eigenvalue weighted by molar-refractivity contribution is 6.06. The highest BCUT2D eigenvalue weighted by Crippen LogP contribution is 2.40. The second kappa shape index (κ2) is 7.19. The predicted molar refractivity (Wildman–Crippen MR) is 108 cm³/mol. The number of hydrogen-bond acceptors (Lipinski definition) is 5. The number of piperidine rings is 1. The fraction of sp³-hybridized carbons (Fsp3) is 0.364. The van der Waals surface area contributed by atoms with Crippen LogP contribution in [0.25, 0.3) is 10.9 Å². The summed E-state index contributed by atoms with van der Waals surface area (Å²) < 4.78 is 0. The molecule has 0 unspecified atom stereocenters. The molecule has 1 amide bonds. The van der Waals surface area contributed by atoms with Crippen LogP contribution in [0.2, 0.25) is 0 Å². The molecule has 6 heteroatoms. The molecule has 0 spiro atoms. The van der Waals surface area contributed by atoms with Crippen molar-refractivity contribution in [3.05, 3.63) is 60.2 Å². The van der Waals surface area contributed by atoms with E-state index in [1.165, 1.54) is 12.8 Å². The smallest absolute Gasteiger partial charge is 0.252 e. The summed E-state index contributed by atoms with van der Waals surface area (Å²) in [6.45, 7) is 1.69. The summed E-state index contributed by atoms with van der Waals surface area (Å²) in [6, 6.07) is 10.0. The van der Waals surface area contributed by atoms with Crippen molar-refractivity contribution >= 4 is 22.6 Å². The van der Waals surface area contributed by atoms with E-state index >= 15 is 0 Å². The van der Waals surface area contributed by atoms with Gasteiger partial charge in [-0.2, -0.15) is 0 Å². The molecule has 3 heterocycles. The summed E-state index contributed by atoms with van der Waals surface area (Å²) in [5.74, 6) is 1.37. The van der Waals surface area contributed by atoms with Crippen LogP contribution in [0.5, 0.6) is 0 Å². The van der Waals surface area contributed by atoms with E-state index in [4.69, 9.17) is 4.98 Å². The molecule has 3 aromatic rings. The van der Waals surface area contributed by atoms with Gasteiger partial charge in [0.25, 0.3) is 5.91 Å². The lowest BCUT2D eigenvalue weighted by Gasteiger charge is -2.33. The molecule has 1 N–H and O–H groups in total. The van der Waals surface area contributed by atoms with Crippen LogP contribution in [0.15, 0.2) is 48.9 Å². The fourth-order valence-corrected chi connectivity index (χ4v) is 3.99. The molecule has 1 aliphatic heterocycles. The van der Waals surface area contributed by atoms with E-state index < -0.39 is 0 Å². The van der Waals surface area contributed by atoms with Gasteiger partial charge in [-0.15, -0.1) is 0 Å². The summed E-state index contributed by atoms with van der Waals surface area (Å²) in [6.07, 6.45) is 9.50. The van der Waals surface area contributed by atoms with Crippen molar-refractivity contribution in [2.24, 2.45) is 0 Å². The zero-order chi connectivity index (χ0) is 18.9. The molecule has 1 aromatic carbocycles. The molecule has 1 atom stereocenters. The molecule has 142 valence electrons. The maximum atomic E-state index is 13.2. The Morgan fingerprint density at radius 3 is 2.86 bits per heavy atom. The maximum absolute atomic E-state index is 13.2. The van der Waals surface area contributed by atoms with E-state index in [-0.39, 0.29) is 11.9 Å². The summed E-state index contributed by atoms with van der Waals surface area (Å²) in [5, 5.41) is 4.18. The lowest BCUT2D eigenvalue weighted by atomic mass is 10.0. The standard InChI is InChI=1S/C22H23N5O/c28-22(25-16-4-3-11-27(14-16)21-13-23-9-10-24-21)18-12-20(15-7-8-15)26-19-6-2-1-5-17(18)19/h1-2,5-6,9-10,12-13,15-16H,3-4,7-8,11,14H2,(H,25,28)/t16-/m0/s1. The van der Waals surface area contributed by atoms with Crippen molar-refractivity contribution in [2.75, 3.05) is 18.0 Å². The predicted octanol–water partition coefficient (Wildman–Crippen LogP) is 3.30. The van der Waals surface area contributed by atoms with E-state index in [1.807, 2.05) is 30.3 Å². The molecule has 2 aromatic heterocycles. The first-order chi connectivity index (χ1) is 13.8. The van der Waals surface area contributed by atoms with Crippen molar-refractivity contribution in [2.45, 2.75) is 37.6 Å². The minimum Gasteiger partial charge on any atom is -0.353 e. The third kappa shape index (κ3) is 3.42. The summed E-state index contributed by atoms with van der Waals surface area (Å²) in [4.78, 5) is 28.7. The van der Waals surface area contributed by atoms with Crippen molar-refractivity contribution in [1.82, 2.24) is 20.3 Å². The topological polar surface area (TPSA) is 71.0 Å². The first kappa shape index (κ1) is 17.1. The van der Waals surface area contributed by atoms with Crippen LogP contribution >= 0.6 is 0 Å². The first-order valence-corrected chi connectivity index (χ1v) is 9.99. The molecule has 6 nitrogen and oxygen atoms in total. The molecule has 0 bridgehead atoms. The van der Waals surface area contributed by atoms with E-state index in [1.54, 1.807) is 18.6 Å². The zero-order valence-corrected chi connectivity index (χ0v) is 15.7. The normalized spacial score (nSPS) is 19.6. The van der Waals surface area contributed by atoms with Crippen LogP contribution < -0.4 is 10.2 Å². The van der Waals surface area contributed by atoms with Crippen LogP contribution in [-0.4, -0.2) is 40.0 Å². The number of rotatable bonds is 4. The minimum atomic E-state index is -0.00787. The number of para-hydroxylation sites is 1. The van der Waals surface area contributed by atoms with Gasteiger partial charge in [0, 0.05) is 48.5 Å². The van der Waals surface area contributed by atoms with Gasteiger partial charge in [0.2, 0.25) is 0 Å². The number of aromatic nitrogens is 3. The Morgan fingerprint density at radius 1 is 1.14 bits per heavy atom. The Morgan fingerprint density at radius 2 is 2.04 bits per heavy atom. The van der Waals surface area contributed by atoms with E-state index in [0.717, 1.165) is 53.9 Å². The van der Waals surface area contributed by atoms with Gasteiger partial charge >= 0.3 is 0 Å². The lowest BCUT2D eigenvalue weighted by molar-refractivity contribution is 0.0934. The number of carbonyl (C=O) groups excluding carboxylic acids is 1. The van der Waals surface area contributed by atoms with E-state index in [0.29, 0.717) is 5.92 Å². The SMILES string of the molecule is O=C(N[C@H]1CCCN(c2cnccn2)C1)c1cc(C2CC2)nc2ccccc12. The third-order valence-corrected chi connectivity index (χ3v) is 5.61. The largest absolute Gasteiger partial charge is 0.353 e. The monoisotopic (exact) mass is 373 g/mol. The van der Waals surface area contributed by atoms with Crippen LogP contribution in [0.3, 0.4) is 0 Å². The number of nitrogens with zero attached hydrogens (tertiary/aromatic N) is 4. The number of hydrogen-bond donors (Lipinski definition) is 1. The quantitative estimate of drug-likeness (QED) is 0.760. The van der Waals surface area contributed by atoms with Gasteiger partial charge < -0.3 is 10.2 Å². The summed E-state index contributed by atoms with van der Waals surface area (Å²) in [7, 11) is 0. The maximum Gasteiger partial charge on any atom is 0.252 e. The van der Waals surface area contributed by atoms with Crippen LogP contribution in [0.4, 0.5) is 5.82 Å². The average Bonchev–Trinajstić information content (AvgIpc) is 3.59. The molecule has 5 rings (SSSR count). The molecule has 1 saturated carbocycles. The summed E-state index contributed by atoms with van der Waals surface area (Å²) >= 11 is 0. The second-order valence-electron chi connectivity index (χ2n) is 7.71. The van der Waals surface area contributed by atoms with Crippen molar-refractivity contribution in [1.29, 1.82) is 0 Å². The molecule has 28 heavy (non-hydrogen) atoms. The Hall–Kier alpha value is -3.02. The van der Waals surface area contributed by atoms with Gasteiger partial charge in [0.1, 0.15) is 5.82 Å². The Labute approximate surface area is 164 Å². The van der Waals surface area contributed by atoms with Gasteiger partial charge in [0.15, 0.2) is 0 Å². The van der Waals surface area contributed by atoms with E-state index in [9.17, 15) is 4.79 Å². The van der Waals surface area contributed by atoms with Gasteiger partial charge in [-0.3, -0.25) is 14.8 Å². The highest BCUT2D eigenvalue weighted by Gasteiger charge is 2.28. The Bertz CT molecular complexity index is 1000. The molecule has 0 radical (unpaired) electrons. The molecular weight excluding hydrogens is 350 g/mol. The number of anilines is 1. The number of nitrogens with one attached hydrogen (secondary N) is 1. The van der Waals surface area contributed by atoms with Crippen LogP contribution in [0, 0.1) is 0 Å². The number of pyridine rings is 1. The molecule has 1 saturated heterocycles. The first-order valence-electron chi connectivity index (χ1n) is 9.99. The third-order valence-electron chi connectivity index (χ3n) is 5.61. The van der Waals surface area contributed by atoms with Crippen molar-refractivity contribution < 1.29 is 4.79 Å². The molecular formula is C22H23N5O.